The molecular formula is C11H14F2N2O2S. The Bertz CT molecular complexity index is 452. The first kappa shape index (κ1) is 14.6. The highest BCUT2D eigenvalue weighted by molar-refractivity contribution is 7.78. The van der Waals surface area contributed by atoms with E-state index in [1.807, 2.05) is 0 Å². The van der Waals surface area contributed by atoms with Crippen LogP contribution in [0.4, 0.5) is 19.3 Å². The Labute approximate surface area is 109 Å². The van der Waals surface area contributed by atoms with Crippen molar-refractivity contribution >= 4 is 24.5 Å². The van der Waals surface area contributed by atoms with Crippen LogP contribution in [-0.4, -0.2) is 21.0 Å². The van der Waals surface area contributed by atoms with Gasteiger partial charge in [-0.3, -0.25) is 4.31 Å². The summed E-state index contributed by atoms with van der Waals surface area (Å²) in [6, 6.07) is 1.01. The molecule has 0 saturated carbocycles. The number of aromatic hydroxyl groups is 1. The summed E-state index contributed by atoms with van der Waals surface area (Å²) >= 11 is 3.99. The van der Waals surface area contributed by atoms with E-state index < -0.39 is 29.0 Å². The molecule has 4 nitrogen and oxygen atoms in total. The third-order valence-corrected chi connectivity index (χ3v) is 2.88. The number of nitrogens with one attached hydrogen (secondary N) is 1. The highest BCUT2D eigenvalue weighted by Gasteiger charge is 2.24. The van der Waals surface area contributed by atoms with Gasteiger partial charge in [0, 0.05) is 23.4 Å². The van der Waals surface area contributed by atoms with E-state index in [4.69, 9.17) is 5.11 Å². The van der Waals surface area contributed by atoms with Crippen LogP contribution in [-0.2, 0) is 0 Å². The summed E-state index contributed by atoms with van der Waals surface area (Å²) in [5.41, 5.74) is -0.655. The SMILES string of the molecule is CC(C)(C)N(S)C(=O)Nc1cc(F)c(O)c(F)c1. The molecule has 0 radical (unpaired) electrons. The molecule has 1 rings (SSSR count). The first-order valence-electron chi connectivity index (χ1n) is 5.11. The van der Waals surface area contributed by atoms with Crippen molar-refractivity contribution < 1.29 is 18.7 Å². The van der Waals surface area contributed by atoms with E-state index in [2.05, 4.69) is 18.1 Å². The minimum absolute atomic E-state index is 0.101. The van der Waals surface area contributed by atoms with Crippen molar-refractivity contribution in [3.8, 4) is 5.75 Å². The van der Waals surface area contributed by atoms with Crippen molar-refractivity contribution in [3.63, 3.8) is 0 Å². The molecule has 0 spiro atoms. The number of hydrogen-bond donors (Lipinski definition) is 3. The number of benzene rings is 1. The van der Waals surface area contributed by atoms with Gasteiger partial charge in [0.2, 0.25) is 0 Å². The molecule has 0 unspecified atom stereocenters. The number of halogens is 2. The number of thiol groups is 1. The zero-order valence-corrected chi connectivity index (χ0v) is 11.1. The maximum atomic E-state index is 13.1. The van der Waals surface area contributed by atoms with Gasteiger partial charge >= 0.3 is 6.03 Å². The lowest BCUT2D eigenvalue weighted by Crippen LogP contribution is -2.41. The van der Waals surface area contributed by atoms with Gasteiger partial charge in [0.25, 0.3) is 0 Å². The van der Waals surface area contributed by atoms with Crippen molar-refractivity contribution in [2.24, 2.45) is 0 Å². The molecule has 0 aliphatic heterocycles. The molecule has 0 fully saturated rings. The Balaban J connectivity index is 2.90. The number of anilines is 1. The Morgan fingerprint density at radius 1 is 1.33 bits per heavy atom. The van der Waals surface area contributed by atoms with Gasteiger partial charge < -0.3 is 10.4 Å². The normalized spacial score (nSPS) is 11.2. The number of carbonyl (C=O) groups is 1. The minimum atomic E-state index is -1.15. The molecule has 0 aliphatic rings. The molecule has 2 amide bonds. The smallest absolute Gasteiger partial charge is 0.332 e. The molecule has 0 aliphatic carbocycles. The van der Waals surface area contributed by atoms with Gasteiger partial charge in [0.1, 0.15) is 0 Å². The number of urea groups is 1. The Kier molecular flexibility index (Phi) is 4.05. The summed E-state index contributed by atoms with van der Waals surface area (Å²) in [7, 11) is 0. The molecule has 0 atom stereocenters. The van der Waals surface area contributed by atoms with E-state index in [9.17, 15) is 13.6 Å². The summed E-state index contributed by atoms with van der Waals surface area (Å²) < 4.78 is 27.2. The van der Waals surface area contributed by atoms with Crippen LogP contribution in [0.25, 0.3) is 0 Å². The quantitative estimate of drug-likeness (QED) is 0.545. The maximum absolute atomic E-state index is 13.1. The highest BCUT2D eigenvalue weighted by atomic mass is 32.1. The van der Waals surface area contributed by atoms with E-state index in [0.29, 0.717) is 0 Å². The Morgan fingerprint density at radius 3 is 2.17 bits per heavy atom. The second kappa shape index (κ2) is 5.01. The highest BCUT2D eigenvalue weighted by Crippen LogP contribution is 2.25. The lowest BCUT2D eigenvalue weighted by atomic mass is 10.1. The van der Waals surface area contributed by atoms with Gasteiger partial charge in [-0.15, -0.1) is 0 Å². The number of amides is 2. The zero-order valence-electron chi connectivity index (χ0n) is 10.2. The first-order valence-corrected chi connectivity index (χ1v) is 5.51. The largest absolute Gasteiger partial charge is 0.503 e. The molecule has 0 bridgehead atoms. The van der Waals surface area contributed by atoms with Gasteiger partial charge in [-0.2, -0.15) is 0 Å². The van der Waals surface area contributed by atoms with Crippen LogP contribution in [0.3, 0.4) is 0 Å². The first-order chi connectivity index (χ1) is 8.12. The maximum Gasteiger partial charge on any atom is 0.332 e. The standard InChI is InChI=1S/C11H14F2N2O2S/c1-11(2,3)15(18)10(17)14-6-4-7(12)9(16)8(13)5-6/h4-5,16,18H,1-3H3,(H,14,17). The van der Waals surface area contributed by atoms with Crippen molar-refractivity contribution in [3.05, 3.63) is 23.8 Å². The van der Waals surface area contributed by atoms with Gasteiger partial charge in [0.05, 0.1) is 0 Å². The van der Waals surface area contributed by atoms with E-state index in [1.165, 1.54) is 0 Å². The number of phenolic OH excluding ortho intramolecular Hbond substituents is 1. The van der Waals surface area contributed by atoms with Gasteiger partial charge in [-0.05, 0) is 20.8 Å². The number of hydrogen-bond acceptors (Lipinski definition) is 3. The van der Waals surface area contributed by atoms with Crippen LogP contribution >= 0.6 is 12.8 Å². The van der Waals surface area contributed by atoms with Gasteiger partial charge in [-0.25, -0.2) is 13.6 Å². The second-order valence-corrected chi connectivity index (χ2v) is 5.10. The molecule has 7 heteroatoms. The fraction of sp³-hybridized carbons (Fsp3) is 0.364. The summed E-state index contributed by atoms with van der Waals surface area (Å²) in [5.74, 6) is -3.37. The lowest BCUT2D eigenvalue weighted by molar-refractivity contribution is 0.216. The average molecular weight is 276 g/mol. The van der Waals surface area contributed by atoms with Crippen LogP contribution in [0.15, 0.2) is 12.1 Å². The summed E-state index contributed by atoms with van der Waals surface area (Å²) in [6.45, 7) is 5.24. The Hall–Kier alpha value is -1.50. The fourth-order valence-corrected chi connectivity index (χ4v) is 1.17. The third kappa shape index (κ3) is 3.25. The molecule has 1 aromatic rings. The van der Waals surface area contributed by atoms with Crippen molar-refractivity contribution in [2.75, 3.05) is 5.32 Å². The topological polar surface area (TPSA) is 52.6 Å². The zero-order chi connectivity index (χ0) is 14.1. The summed E-state index contributed by atoms with van der Waals surface area (Å²) in [4.78, 5) is 11.7. The molecule has 0 saturated heterocycles. The predicted molar refractivity (Wildman–Crippen MR) is 67.6 cm³/mol. The molecule has 0 heterocycles. The van der Waals surface area contributed by atoms with Crippen LogP contribution in [0, 0.1) is 11.6 Å². The monoisotopic (exact) mass is 276 g/mol. The van der Waals surface area contributed by atoms with Crippen LogP contribution < -0.4 is 5.32 Å². The summed E-state index contributed by atoms with van der Waals surface area (Å²) in [5, 5.41) is 11.2. The third-order valence-electron chi connectivity index (χ3n) is 2.10. The predicted octanol–water partition coefficient (Wildman–Crippen LogP) is 3.15. The van der Waals surface area contributed by atoms with E-state index in [0.717, 1.165) is 16.4 Å². The Morgan fingerprint density at radius 2 is 1.78 bits per heavy atom. The van der Waals surface area contributed by atoms with Gasteiger partial charge in [0.15, 0.2) is 17.4 Å². The van der Waals surface area contributed by atoms with Crippen LogP contribution in [0.2, 0.25) is 0 Å². The molecule has 1 aromatic carbocycles. The van der Waals surface area contributed by atoms with E-state index >= 15 is 0 Å². The minimum Gasteiger partial charge on any atom is -0.503 e. The van der Waals surface area contributed by atoms with Crippen molar-refractivity contribution in [1.82, 2.24) is 4.31 Å². The number of carbonyl (C=O) groups excluding carboxylic acids is 1. The van der Waals surface area contributed by atoms with Crippen LogP contribution in [0.5, 0.6) is 5.75 Å². The van der Waals surface area contributed by atoms with Crippen molar-refractivity contribution in [1.29, 1.82) is 0 Å². The number of nitrogens with zero attached hydrogens (tertiary/aromatic N) is 1. The molecule has 0 aromatic heterocycles. The molecule has 2 N–H and O–H groups in total. The molecule has 100 valence electrons. The average Bonchev–Trinajstić information content (AvgIpc) is 2.23. The van der Waals surface area contributed by atoms with E-state index in [-0.39, 0.29) is 5.69 Å². The fourth-order valence-electron chi connectivity index (χ4n) is 1.12. The van der Waals surface area contributed by atoms with E-state index in [1.54, 1.807) is 20.8 Å². The number of phenols is 1. The van der Waals surface area contributed by atoms with Crippen molar-refractivity contribution in [2.45, 2.75) is 26.3 Å². The lowest BCUT2D eigenvalue weighted by Gasteiger charge is -2.30. The van der Waals surface area contributed by atoms with Gasteiger partial charge in [-0.1, -0.05) is 12.8 Å². The molecule has 18 heavy (non-hydrogen) atoms. The second-order valence-electron chi connectivity index (χ2n) is 4.70. The summed E-state index contributed by atoms with van der Waals surface area (Å²) in [6.07, 6.45) is 0. The number of rotatable bonds is 1. The van der Waals surface area contributed by atoms with Crippen LogP contribution in [0.1, 0.15) is 20.8 Å². The molecular weight excluding hydrogens is 262 g/mol.